The van der Waals surface area contributed by atoms with E-state index in [0.717, 1.165) is 12.8 Å². The number of carboxylic acids is 2. The SMILES string of the molecule is CCCCCCCCCCCCN[C@@H](CCC(=O)O)C(=O)O.[Na]. The maximum Gasteiger partial charge on any atom is 0.320 e. The van der Waals surface area contributed by atoms with Crippen LogP contribution in [0.25, 0.3) is 0 Å². The van der Waals surface area contributed by atoms with Crippen molar-refractivity contribution in [1.82, 2.24) is 5.32 Å². The number of carboxylic acid groups (broad SMARTS) is 2. The molecule has 0 aromatic heterocycles. The molecule has 0 amide bonds. The van der Waals surface area contributed by atoms with Gasteiger partial charge < -0.3 is 15.5 Å². The predicted octanol–water partition coefficient (Wildman–Crippen LogP) is 3.43. The zero-order valence-electron chi connectivity index (χ0n) is 15.0. The zero-order chi connectivity index (χ0) is 16.6. The van der Waals surface area contributed by atoms with Gasteiger partial charge in [0.1, 0.15) is 6.04 Å². The third-order valence-corrected chi connectivity index (χ3v) is 3.87. The standard InChI is InChI=1S/C17H33NO4.Na/c1-2-3-4-5-6-7-8-9-10-11-14-18-15(17(21)22)12-13-16(19)20;/h15,18H,2-14H2,1H3,(H,19,20)(H,21,22);/t15-;/m0./s1. The molecule has 0 heterocycles. The third-order valence-electron chi connectivity index (χ3n) is 3.87. The maximum absolute atomic E-state index is 11.0. The fourth-order valence-corrected chi connectivity index (χ4v) is 2.47. The van der Waals surface area contributed by atoms with Gasteiger partial charge in [0.15, 0.2) is 0 Å². The molecule has 1 radical (unpaired) electrons. The van der Waals surface area contributed by atoms with Gasteiger partial charge in [-0.05, 0) is 19.4 Å². The van der Waals surface area contributed by atoms with Crippen molar-refractivity contribution in [2.75, 3.05) is 6.54 Å². The van der Waals surface area contributed by atoms with E-state index in [9.17, 15) is 9.59 Å². The van der Waals surface area contributed by atoms with E-state index in [1.807, 2.05) is 0 Å². The van der Waals surface area contributed by atoms with Crippen LogP contribution in [0.5, 0.6) is 0 Å². The van der Waals surface area contributed by atoms with Gasteiger partial charge in [0, 0.05) is 36.0 Å². The van der Waals surface area contributed by atoms with E-state index in [1.54, 1.807) is 0 Å². The summed E-state index contributed by atoms with van der Waals surface area (Å²) in [4.78, 5) is 21.4. The first kappa shape index (κ1) is 25.1. The predicted molar refractivity (Wildman–Crippen MR) is 93.9 cm³/mol. The summed E-state index contributed by atoms with van der Waals surface area (Å²) in [6.45, 7) is 2.87. The number of hydrogen-bond donors (Lipinski definition) is 3. The van der Waals surface area contributed by atoms with Crippen LogP contribution >= 0.6 is 0 Å². The van der Waals surface area contributed by atoms with Crippen molar-refractivity contribution < 1.29 is 19.8 Å². The molecular formula is C17H33NNaO4. The Labute approximate surface area is 162 Å². The van der Waals surface area contributed by atoms with Gasteiger partial charge in [-0.25, -0.2) is 0 Å². The van der Waals surface area contributed by atoms with Gasteiger partial charge in [0.2, 0.25) is 0 Å². The van der Waals surface area contributed by atoms with Crippen molar-refractivity contribution >= 4 is 41.5 Å². The summed E-state index contributed by atoms with van der Waals surface area (Å²) in [6.07, 6.45) is 12.5. The second-order valence-corrected chi connectivity index (χ2v) is 5.96. The first-order valence-electron chi connectivity index (χ1n) is 8.76. The van der Waals surface area contributed by atoms with Crippen LogP contribution in [0.4, 0.5) is 0 Å². The first-order chi connectivity index (χ1) is 10.6. The van der Waals surface area contributed by atoms with E-state index in [-0.39, 0.29) is 42.4 Å². The first-order valence-corrected chi connectivity index (χ1v) is 8.76. The molecule has 3 N–H and O–H groups in total. The number of hydrogen-bond acceptors (Lipinski definition) is 3. The Kier molecular flexibility index (Phi) is 19.9. The van der Waals surface area contributed by atoms with Crippen LogP contribution in [-0.2, 0) is 9.59 Å². The molecule has 0 aromatic rings. The Morgan fingerprint density at radius 2 is 1.35 bits per heavy atom. The van der Waals surface area contributed by atoms with Gasteiger partial charge in [0.25, 0.3) is 0 Å². The van der Waals surface area contributed by atoms with Gasteiger partial charge in [-0.1, -0.05) is 64.7 Å². The third kappa shape index (κ3) is 18.1. The summed E-state index contributed by atoms with van der Waals surface area (Å²) in [7, 11) is 0. The molecule has 0 spiro atoms. The average molecular weight is 338 g/mol. The Hall–Kier alpha value is -0.100. The van der Waals surface area contributed by atoms with Gasteiger partial charge >= 0.3 is 11.9 Å². The molecule has 0 aliphatic heterocycles. The van der Waals surface area contributed by atoms with Crippen LogP contribution in [0.2, 0.25) is 0 Å². The van der Waals surface area contributed by atoms with Gasteiger partial charge in [-0.2, -0.15) is 0 Å². The molecule has 0 saturated heterocycles. The summed E-state index contributed by atoms with van der Waals surface area (Å²) < 4.78 is 0. The van der Waals surface area contributed by atoms with Crippen molar-refractivity contribution in [2.45, 2.75) is 90.0 Å². The number of aliphatic carboxylic acids is 2. The van der Waals surface area contributed by atoms with E-state index in [1.165, 1.54) is 51.4 Å². The molecule has 1 atom stereocenters. The van der Waals surface area contributed by atoms with Crippen LogP contribution in [0.15, 0.2) is 0 Å². The molecule has 0 aromatic carbocycles. The fraction of sp³-hybridized carbons (Fsp3) is 0.882. The minimum Gasteiger partial charge on any atom is -0.481 e. The quantitative estimate of drug-likeness (QED) is 0.296. The fourth-order valence-electron chi connectivity index (χ4n) is 2.47. The Bertz CT molecular complexity index is 300. The van der Waals surface area contributed by atoms with Gasteiger partial charge in [-0.15, -0.1) is 0 Å². The van der Waals surface area contributed by atoms with Crippen molar-refractivity contribution in [3.8, 4) is 0 Å². The number of nitrogens with one attached hydrogen (secondary N) is 1. The zero-order valence-corrected chi connectivity index (χ0v) is 17.0. The van der Waals surface area contributed by atoms with Crippen molar-refractivity contribution in [1.29, 1.82) is 0 Å². The molecule has 0 aliphatic carbocycles. The monoisotopic (exact) mass is 338 g/mol. The molecule has 0 rings (SSSR count). The topological polar surface area (TPSA) is 86.6 Å². The number of rotatable bonds is 16. The summed E-state index contributed by atoms with van der Waals surface area (Å²) in [5.74, 6) is -1.92. The molecule has 0 aliphatic rings. The van der Waals surface area contributed by atoms with Crippen LogP contribution in [0.3, 0.4) is 0 Å². The summed E-state index contributed by atoms with van der Waals surface area (Å²) >= 11 is 0. The molecule has 131 valence electrons. The van der Waals surface area contributed by atoms with Crippen molar-refractivity contribution in [3.05, 3.63) is 0 Å². The van der Waals surface area contributed by atoms with Crippen LogP contribution in [0, 0.1) is 0 Å². The van der Waals surface area contributed by atoms with Crippen molar-refractivity contribution in [2.24, 2.45) is 0 Å². The minimum atomic E-state index is -0.965. The molecule has 0 bridgehead atoms. The van der Waals surface area contributed by atoms with Gasteiger partial charge in [-0.3, -0.25) is 9.59 Å². The largest absolute Gasteiger partial charge is 0.481 e. The van der Waals surface area contributed by atoms with Crippen LogP contribution in [0.1, 0.15) is 84.0 Å². The number of unbranched alkanes of at least 4 members (excludes halogenated alkanes) is 9. The van der Waals surface area contributed by atoms with Crippen LogP contribution in [-0.4, -0.2) is 64.3 Å². The van der Waals surface area contributed by atoms with Crippen LogP contribution < -0.4 is 5.32 Å². The molecule has 5 nitrogen and oxygen atoms in total. The summed E-state index contributed by atoms with van der Waals surface area (Å²) in [6, 6.07) is -0.741. The molecule has 0 saturated carbocycles. The molecule has 0 unspecified atom stereocenters. The second-order valence-electron chi connectivity index (χ2n) is 5.96. The normalized spacial score (nSPS) is 11.7. The smallest absolute Gasteiger partial charge is 0.320 e. The van der Waals surface area contributed by atoms with Gasteiger partial charge in [0.05, 0.1) is 0 Å². The molecule has 0 fully saturated rings. The van der Waals surface area contributed by atoms with Crippen molar-refractivity contribution in [3.63, 3.8) is 0 Å². The Balaban J connectivity index is 0. The van der Waals surface area contributed by atoms with E-state index in [4.69, 9.17) is 10.2 Å². The van der Waals surface area contributed by atoms with E-state index in [0.29, 0.717) is 6.54 Å². The Morgan fingerprint density at radius 3 is 1.78 bits per heavy atom. The van der Waals surface area contributed by atoms with E-state index in [2.05, 4.69) is 12.2 Å². The summed E-state index contributed by atoms with van der Waals surface area (Å²) in [5, 5.41) is 20.5. The van der Waals surface area contributed by atoms with E-state index >= 15 is 0 Å². The molecule has 23 heavy (non-hydrogen) atoms. The second kappa shape index (κ2) is 18.2. The molecule has 6 heteroatoms. The van der Waals surface area contributed by atoms with E-state index < -0.39 is 18.0 Å². The Morgan fingerprint density at radius 1 is 0.870 bits per heavy atom. The average Bonchev–Trinajstić information content (AvgIpc) is 2.47. The maximum atomic E-state index is 11.0. The summed E-state index contributed by atoms with van der Waals surface area (Å²) in [5.41, 5.74) is 0. The number of carbonyl (C=O) groups is 2. The minimum absolute atomic E-state index is 0. The molecular weight excluding hydrogens is 305 g/mol.